The van der Waals surface area contributed by atoms with E-state index in [4.69, 9.17) is 4.74 Å². The van der Waals surface area contributed by atoms with Crippen LogP contribution in [0, 0.1) is 5.92 Å². The van der Waals surface area contributed by atoms with E-state index in [1.54, 1.807) is 19.1 Å². The van der Waals surface area contributed by atoms with E-state index >= 15 is 0 Å². The Morgan fingerprint density at radius 1 is 1.40 bits per heavy atom. The molecule has 1 atom stereocenters. The number of carbonyl (C=O) groups is 1. The lowest BCUT2D eigenvalue weighted by Gasteiger charge is -2.18. The number of sulfonamides is 1. The van der Waals surface area contributed by atoms with Gasteiger partial charge in [-0.3, -0.25) is 9.52 Å². The lowest BCUT2D eigenvalue weighted by molar-refractivity contribution is -0.148. The molecule has 0 spiro atoms. The van der Waals surface area contributed by atoms with Crippen LogP contribution in [0.2, 0.25) is 0 Å². The topological polar surface area (TPSA) is 85.4 Å². The van der Waals surface area contributed by atoms with E-state index in [2.05, 4.69) is 25.6 Å². The van der Waals surface area contributed by atoms with E-state index < -0.39 is 10.0 Å². The van der Waals surface area contributed by atoms with Gasteiger partial charge in [0.25, 0.3) is 10.0 Å². The van der Waals surface area contributed by atoms with Crippen LogP contribution in [0.5, 0.6) is 0 Å². The quantitative estimate of drug-likeness (QED) is 0.714. The number of esters is 1. The summed E-state index contributed by atoms with van der Waals surface area (Å²) in [5, 5.41) is 0.331. The number of thiazole rings is 1. The number of fused-ring (bicyclic) bond motifs is 1. The van der Waals surface area contributed by atoms with Crippen molar-refractivity contribution in [1.29, 1.82) is 0 Å². The maximum absolute atomic E-state index is 12.4. The van der Waals surface area contributed by atoms with Gasteiger partial charge in [0.15, 0.2) is 5.13 Å². The molecule has 0 saturated heterocycles. The zero-order chi connectivity index (χ0) is 18.0. The number of halogens is 1. The lowest BCUT2D eigenvalue weighted by Crippen LogP contribution is -2.24. The standard InChI is InChI=1S/C16H17BrN2O4S2/c1-2-23-15(20)10-3-8-13-14(9-10)24-16(18-13)19-25(21,22)12-6-4-11(17)5-7-12/h4-7,10H,2-3,8-9H2,1H3,(H,18,19). The molecule has 25 heavy (non-hydrogen) atoms. The summed E-state index contributed by atoms with van der Waals surface area (Å²) in [5.41, 5.74) is 0.860. The van der Waals surface area contributed by atoms with E-state index in [0.717, 1.165) is 15.0 Å². The number of nitrogens with zero attached hydrogens (tertiary/aromatic N) is 1. The van der Waals surface area contributed by atoms with E-state index in [1.165, 1.54) is 23.5 Å². The van der Waals surface area contributed by atoms with Crippen molar-refractivity contribution in [2.24, 2.45) is 5.92 Å². The Hall–Kier alpha value is -1.45. The van der Waals surface area contributed by atoms with Gasteiger partial charge >= 0.3 is 5.97 Å². The van der Waals surface area contributed by atoms with Crippen molar-refractivity contribution >= 4 is 48.4 Å². The normalized spacial score (nSPS) is 17.0. The molecule has 2 aromatic rings. The molecule has 1 heterocycles. The molecule has 1 unspecified atom stereocenters. The third kappa shape index (κ3) is 4.21. The largest absolute Gasteiger partial charge is 0.466 e. The molecule has 3 rings (SSSR count). The minimum atomic E-state index is -3.68. The van der Waals surface area contributed by atoms with Gasteiger partial charge in [0.05, 0.1) is 23.1 Å². The molecule has 1 aromatic carbocycles. The molecule has 0 radical (unpaired) electrons. The van der Waals surface area contributed by atoms with Crippen LogP contribution in [-0.4, -0.2) is 26.0 Å². The molecule has 1 aliphatic carbocycles. The number of hydrogen-bond donors (Lipinski definition) is 1. The summed E-state index contributed by atoms with van der Waals surface area (Å²) >= 11 is 4.56. The zero-order valence-electron chi connectivity index (χ0n) is 13.5. The van der Waals surface area contributed by atoms with Crippen molar-refractivity contribution in [2.75, 3.05) is 11.3 Å². The summed E-state index contributed by atoms with van der Waals surface area (Å²) in [5.74, 6) is -0.373. The Morgan fingerprint density at radius 3 is 2.80 bits per heavy atom. The Morgan fingerprint density at radius 2 is 2.12 bits per heavy atom. The van der Waals surface area contributed by atoms with E-state index in [-0.39, 0.29) is 16.8 Å². The molecule has 0 fully saturated rings. The minimum Gasteiger partial charge on any atom is -0.466 e. The molecule has 134 valence electrons. The fourth-order valence-corrected chi connectivity index (χ4v) is 5.25. The Kier molecular flexibility index (Phi) is 5.45. The number of anilines is 1. The number of nitrogens with one attached hydrogen (secondary N) is 1. The van der Waals surface area contributed by atoms with Gasteiger partial charge < -0.3 is 4.74 Å². The second-order valence-corrected chi connectivity index (χ2v) is 9.32. The van der Waals surface area contributed by atoms with Crippen LogP contribution in [-0.2, 0) is 32.4 Å². The third-order valence-electron chi connectivity index (χ3n) is 3.91. The van der Waals surface area contributed by atoms with Crippen LogP contribution in [0.1, 0.15) is 23.9 Å². The van der Waals surface area contributed by atoms with Crippen LogP contribution in [0.15, 0.2) is 33.6 Å². The van der Waals surface area contributed by atoms with Crippen molar-refractivity contribution in [2.45, 2.75) is 31.1 Å². The minimum absolute atomic E-state index is 0.174. The summed E-state index contributed by atoms with van der Waals surface area (Å²) in [6.07, 6.45) is 1.87. The number of aromatic nitrogens is 1. The molecule has 0 amide bonds. The van der Waals surface area contributed by atoms with Crippen molar-refractivity contribution in [3.63, 3.8) is 0 Å². The predicted octanol–water partition coefficient (Wildman–Crippen LogP) is 3.37. The van der Waals surface area contributed by atoms with Gasteiger partial charge in [-0.25, -0.2) is 13.4 Å². The van der Waals surface area contributed by atoms with Crippen LogP contribution >= 0.6 is 27.3 Å². The molecule has 9 heteroatoms. The van der Waals surface area contributed by atoms with Gasteiger partial charge in [0.2, 0.25) is 0 Å². The number of hydrogen-bond acceptors (Lipinski definition) is 6. The number of rotatable bonds is 5. The zero-order valence-corrected chi connectivity index (χ0v) is 16.7. The van der Waals surface area contributed by atoms with Gasteiger partial charge in [0, 0.05) is 9.35 Å². The van der Waals surface area contributed by atoms with Crippen molar-refractivity contribution in [3.05, 3.63) is 39.3 Å². The molecule has 1 aromatic heterocycles. The molecule has 1 aliphatic rings. The summed E-state index contributed by atoms with van der Waals surface area (Å²) in [7, 11) is -3.68. The highest BCUT2D eigenvalue weighted by Crippen LogP contribution is 2.33. The average molecular weight is 445 g/mol. The number of aryl methyl sites for hydroxylation is 1. The van der Waals surface area contributed by atoms with E-state index in [1.807, 2.05) is 0 Å². The van der Waals surface area contributed by atoms with Gasteiger partial charge in [-0.2, -0.15) is 0 Å². The highest BCUT2D eigenvalue weighted by atomic mass is 79.9. The molecule has 0 bridgehead atoms. The molecule has 0 saturated carbocycles. The molecule has 0 aliphatic heterocycles. The molecule has 6 nitrogen and oxygen atoms in total. The van der Waals surface area contributed by atoms with Crippen molar-refractivity contribution < 1.29 is 17.9 Å². The second kappa shape index (κ2) is 7.43. The number of carbonyl (C=O) groups excluding carboxylic acids is 1. The first-order valence-electron chi connectivity index (χ1n) is 7.82. The first kappa shape index (κ1) is 18.3. The fourth-order valence-electron chi connectivity index (χ4n) is 2.67. The van der Waals surface area contributed by atoms with Crippen molar-refractivity contribution in [1.82, 2.24) is 4.98 Å². The van der Waals surface area contributed by atoms with E-state index in [0.29, 0.717) is 31.0 Å². The maximum Gasteiger partial charge on any atom is 0.309 e. The highest BCUT2D eigenvalue weighted by Gasteiger charge is 2.29. The maximum atomic E-state index is 12.4. The monoisotopic (exact) mass is 444 g/mol. The molecular formula is C16H17BrN2O4S2. The number of benzene rings is 1. The Bertz CT molecular complexity index is 878. The summed E-state index contributed by atoms with van der Waals surface area (Å²) in [6.45, 7) is 2.15. The van der Waals surface area contributed by atoms with Crippen LogP contribution < -0.4 is 4.72 Å². The Labute approximate surface area is 158 Å². The molecule has 1 N–H and O–H groups in total. The summed E-state index contributed by atoms with van der Waals surface area (Å²) in [6, 6.07) is 6.39. The highest BCUT2D eigenvalue weighted by molar-refractivity contribution is 9.10. The first-order valence-corrected chi connectivity index (χ1v) is 10.9. The van der Waals surface area contributed by atoms with Crippen LogP contribution in [0.3, 0.4) is 0 Å². The first-order chi connectivity index (χ1) is 11.9. The van der Waals surface area contributed by atoms with Gasteiger partial charge in [-0.05, 0) is 50.5 Å². The third-order valence-corrected chi connectivity index (χ3v) is 6.95. The van der Waals surface area contributed by atoms with Gasteiger partial charge in [-0.15, -0.1) is 11.3 Å². The fraction of sp³-hybridized carbons (Fsp3) is 0.375. The van der Waals surface area contributed by atoms with Gasteiger partial charge in [0.1, 0.15) is 0 Å². The Balaban J connectivity index is 1.76. The lowest BCUT2D eigenvalue weighted by atomic mass is 9.91. The summed E-state index contributed by atoms with van der Waals surface area (Å²) in [4.78, 5) is 17.4. The van der Waals surface area contributed by atoms with E-state index in [9.17, 15) is 13.2 Å². The van der Waals surface area contributed by atoms with Crippen LogP contribution in [0.4, 0.5) is 5.13 Å². The second-order valence-electron chi connectivity index (χ2n) is 5.64. The smallest absolute Gasteiger partial charge is 0.309 e. The average Bonchev–Trinajstić information content (AvgIpc) is 2.95. The van der Waals surface area contributed by atoms with Gasteiger partial charge in [-0.1, -0.05) is 15.9 Å². The summed E-state index contributed by atoms with van der Waals surface area (Å²) < 4.78 is 33.3. The SMILES string of the molecule is CCOC(=O)C1CCc2nc(NS(=O)(=O)c3ccc(Br)cc3)sc2C1. The number of ether oxygens (including phenoxy) is 1. The predicted molar refractivity (Wildman–Crippen MR) is 99.2 cm³/mol. The van der Waals surface area contributed by atoms with Crippen LogP contribution in [0.25, 0.3) is 0 Å². The molecular weight excluding hydrogens is 428 g/mol. The van der Waals surface area contributed by atoms with Crippen molar-refractivity contribution in [3.8, 4) is 0 Å².